The molecule has 0 spiro atoms. The number of aromatic nitrogens is 2. The Morgan fingerprint density at radius 2 is 2.10 bits per heavy atom. The van der Waals surface area contributed by atoms with Gasteiger partial charge < -0.3 is 9.88 Å². The number of rotatable bonds is 5. The molecule has 1 aliphatic heterocycles. The van der Waals surface area contributed by atoms with Crippen molar-refractivity contribution in [2.24, 2.45) is 5.92 Å². The minimum absolute atomic E-state index is 0.229. The van der Waals surface area contributed by atoms with E-state index in [2.05, 4.69) is 46.7 Å². The Bertz CT molecular complexity index is 456. The highest BCUT2D eigenvalue weighted by molar-refractivity contribution is 5.03. The Labute approximate surface area is 128 Å². The monoisotopic (exact) mass is 290 g/mol. The molecule has 1 atom stereocenters. The smallest absolute Gasteiger partial charge is 0.0951 e. The maximum absolute atomic E-state index is 4.36. The zero-order valence-corrected chi connectivity index (χ0v) is 13.8. The number of hydrogen-bond acceptors (Lipinski definition) is 3. The maximum Gasteiger partial charge on any atom is 0.0951 e. The minimum Gasteiger partial charge on any atom is -0.330 e. The topological polar surface area (TPSA) is 33.1 Å². The van der Waals surface area contributed by atoms with Crippen LogP contribution >= 0.6 is 0 Å². The summed E-state index contributed by atoms with van der Waals surface area (Å²) in [6.45, 7) is 11.4. The summed E-state index contributed by atoms with van der Waals surface area (Å²) in [4.78, 5) is 6.98. The van der Waals surface area contributed by atoms with E-state index in [1.54, 1.807) is 0 Å². The van der Waals surface area contributed by atoms with Crippen LogP contribution in [-0.2, 0) is 6.54 Å². The molecule has 0 bridgehead atoms. The van der Waals surface area contributed by atoms with E-state index in [1.165, 1.54) is 44.5 Å². The second-order valence-corrected chi connectivity index (χ2v) is 7.90. The van der Waals surface area contributed by atoms with E-state index in [1.807, 2.05) is 6.33 Å². The van der Waals surface area contributed by atoms with Crippen LogP contribution in [0.4, 0.5) is 0 Å². The molecule has 2 fully saturated rings. The number of nitrogens with zero attached hydrogens (tertiary/aromatic N) is 3. The van der Waals surface area contributed by atoms with Crippen LogP contribution in [0.25, 0.3) is 0 Å². The third kappa shape index (κ3) is 4.30. The van der Waals surface area contributed by atoms with Gasteiger partial charge in [-0.3, -0.25) is 4.90 Å². The van der Waals surface area contributed by atoms with Crippen LogP contribution in [-0.4, -0.2) is 39.6 Å². The van der Waals surface area contributed by atoms with Gasteiger partial charge in [0.25, 0.3) is 0 Å². The van der Waals surface area contributed by atoms with Crippen LogP contribution in [0.2, 0.25) is 0 Å². The van der Waals surface area contributed by atoms with Gasteiger partial charge in [0.05, 0.1) is 12.0 Å². The van der Waals surface area contributed by atoms with Crippen LogP contribution in [0.15, 0.2) is 12.5 Å². The van der Waals surface area contributed by atoms with Gasteiger partial charge >= 0.3 is 0 Å². The molecule has 1 N–H and O–H groups in total. The number of piperidine rings is 1. The maximum atomic E-state index is 4.36. The van der Waals surface area contributed by atoms with Gasteiger partial charge in [-0.25, -0.2) is 4.98 Å². The summed E-state index contributed by atoms with van der Waals surface area (Å²) >= 11 is 0. The van der Waals surface area contributed by atoms with Crippen molar-refractivity contribution >= 4 is 0 Å². The molecule has 1 saturated heterocycles. The molecule has 1 saturated carbocycles. The van der Waals surface area contributed by atoms with Crippen molar-refractivity contribution in [1.82, 2.24) is 19.8 Å². The lowest BCUT2D eigenvalue weighted by Crippen LogP contribution is -2.44. The molecule has 1 aromatic heterocycles. The van der Waals surface area contributed by atoms with Gasteiger partial charge in [0.15, 0.2) is 0 Å². The Balaban J connectivity index is 1.52. The normalized spacial score (nSPS) is 24.4. The third-order valence-electron chi connectivity index (χ3n) is 4.60. The number of hydrogen-bond donors (Lipinski definition) is 1. The predicted molar refractivity (Wildman–Crippen MR) is 86.3 cm³/mol. The summed E-state index contributed by atoms with van der Waals surface area (Å²) in [6, 6.07) is 0.741. The van der Waals surface area contributed by atoms with Gasteiger partial charge in [0, 0.05) is 30.9 Å². The molecule has 4 heteroatoms. The summed E-state index contributed by atoms with van der Waals surface area (Å²) in [5.74, 6) is 0.787. The van der Waals surface area contributed by atoms with E-state index in [-0.39, 0.29) is 5.54 Å². The van der Waals surface area contributed by atoms with E-state index in [4.69, 9.17) is 0 Å². The van der Waals surface area contributed by atoms with Crippen LogP contribution in [0.3, 0.4) is 0 Å². The van der Waals surface area contributed by atoms with Crippen LogP contribution in [0.1, 0.15) is 58.2 Å². The number of likely N-dealkylation sites (tertiary alicyclic amines) is 1. The second kappa shape index (κ2) is 6.09. The van der Waals surface area contributed by atoms with E-state index >= 15 is 0 Å². The summed E-state index contributed by atoms with van der Waals surface area (Å²) in [5.41, 5.74) is 1.63. The summed E-state index contributed by atoms with van der Waals surface area (Å²) < 4.78 is 2.40. The van der Waals surface area contributed by atoms with E-state index in [9.17, 15) is 0 Å². The fraction of sp³-hybridized carbons (Fsp3) is 0.824. The van der Waals surface area contributed by atoms with E-state index in [0.717, 1.165) is 25.0 Å². The molecule has 0 aromatic carbocycles. The minimum atomic E-state index is 0.229. The highest BCUT2D eigenvalue weighted by atomic mass is 15.2. The standard InChI is InChI=1S/C17H30N4/c1-17(2,3)19-9-14-5-4-8-20(11-14)12-16-10-18-13-21(16)15-6-7-15/h10,13-15,19H,4-9,11-12H2,1-3H3. The lowest BCUT2D eigenvalue weighted by Gasteiger charge is -2.34. The lowest BCUT2D eigenvalue weighted by molar-refractivity contribution is 0.156. The summed E-state index contributed by atoms with van der Waals surface area (Å²) in [7, 11) is 0. The van der Waals surface area contributed by atoms with Crippen molar-refractivity contribution in [3.63, 3.8) is 0 Å². The first kappa shape index (κ1) is 15.0. The first-order chi connectivity index (χ1) is 10.0. The molecule has 0 amide bonds. The molecule has 1 aliphatic carbocycles. The zero-order valence-electron chi connectivity index (χ0n) is 13.8. The van der Waals surface area contributed by atoms with Gasteiger partial charge in [-0.2, -0.15) is 0 Å². The Kier molecular flexibility index (Phi) is 4.36. The Hall–Kier alpha value is -0.870. The lowest BCUT2D eigenvalue weighted by atomic mass is 9.96. The van der Waals surface area contributed by atoms with E-state index in [0.29, 0.717) is 0 Å². The molecule has 2 heterocycles. The quantitative estimate of drug-likeness (QED) is 0.905. The first-order valence-corrected chi connectivity index (χ1v) is 8.49. The predicted octanol–water partition coefficient (Wildman–Crippen LogP) is 2.82. The Morgan fingerprint density at radius 3 is 2.81 bits per heavy atom. The molecular formula is C17H30N4. The molecular weight excluding hydrogens is 260 g/mol. The highest BCUT2D eigenvalue weighted by Gasteiger charge is 2.27. The van der Waals surface area contributed by atoms with E-state index < -0.39 is 0 Å². The fourth-order valence-electron chi connectivity index (χ4n) is 3.28. The zero-order chi connectivity index (χ0) is 14.9. The average molecular weight is 290 g/mol. The fourth-order valence-corrected chi connectivity index (χ4v) is 3.28. The van der Waals surface area contributed by atoms with Crippen molar-refractivity contribution in [2.45, 2.75) is 64.6 Å². The summed E-state index contributed by atoms with van der Waals surface area (Å²) in [6.07, 6.45) is 9.45. The van der Waals surface area contributed by atoms with Gasteiger partial charge in [-0.1, -0.05) is 0 Å². The second-order valence-electron chi connectivity index (χ2n) is 7.90. The van der Waals surface area contributed by atoms with Gasteiger partial charge in [0.2, 0.25) is 0 Å². The third-order valence-corrected chi connectivity index (χ3v) is 4.60. The number of imidazole rings is 1. The molecule has 21 heavy (non-hydrogen) atoms. The molecule has 3 rings (SSSR count). The van der Waals surface area contributed by atoms with Crippen LogP contribution in [0, 0.1) is 5.92 Å². The van der Waals surface area contributed by atoms with Crippen LogP contribution < -0.4 is 5.32 Å². The number of nitrogens with one attached hydrogen (secondary N) is 1. The van der Waals surface area contributed by atoms with Gasteiger partial charge in [-0.15, -0.1) is 0 Å². The highest BCUT2D eigenvalue weighted by Crippen LogP contribution is 2.36. The molecule has 2 aliphatic rings. The van der Waals surface area contributed by atoms with Crippen LogP contribution in [0.5, 0.6) is 0 Å². The molecule has 1 unspecified atom stereocenters. The van der Waals surface area contributed by atoms with Crippen molar-refractivity contribution in [3.05, 3.63) is 18.2 Å². The van der Waals surface area contributed by atoms with Crippen molar-refractivity contribution in [2.75, 3.05) is 19.6 Å². The van der Waals surface area contributed by atoms with Crippen molar-refractivity contribution in [1.29, 1.82) is 0 Å². The molecule has 4 nitrogen and oxygen atoms in total. The Morgan fingerprint density at radius 1 is 1.29 bits per heavy atom. The largest absolute Gasteiger partial charge is 0.330 e. The molecule has 1 aromatic rings. The SMILES string of the molecule is CC(C)(C)NCC1CCCN(Cc2cncn2C2CC2)C1. The van der Waals surface area contributed by atoms with Gasteiger partial charge in [-0.05, 0) is 65.5 Å². The average Bonchev–Trinajstić information content (AvgIpc) is 3.17. The molecule has 0 radical (unpaired) electrons. The molecule has 118 valence electrons. The van der Waals surface area contributed by atoms with Gasteiger partial charge in [0.1, 0.15) is 0 Å². The summed E-state index contributed by atoms with van der Waals surface area (Å²) in [5, 5.41) is 3.67. The van der Waals surface area contributed by atoms with Crippen molar-refractivity contribution < 1.29 is 0 Å². The van der Waals surface area contributed by atoms with Crippen molar-refractivity contribution in [3.8, 4) is 0 Å². The first-order valence-electron chi connectivity index (χ1n) is 8.49.